The largest absolute Gasteiger partial charge is 0.377 e. The zero-order valence-corrected chi connectivity index (χ0v) is 15.9. The molecule has 1 amide bonds. The summed E-state index contributed by atoms with van der Waals surface area (Å²) in [5.41, 5.74) is 7.37. The van der Waals surface area contributed by atoms with Crippen LogP contribution in [0.2, 0.25) is 0 Å². The fraction of sp³-hybridized carbons (Fsp3) is 0.273. The van der Waals surface area contributed by atoms with Crippen molar-refractivity contribution in [3.05, 3.63) is 69.6 Å². The van der Waals surface area contributed by atoms with E-state index in [4.69, 9.17) is 10.00 Å². The molecule has 0 unspecified atom stereocenters. The lowest BCUT2D eigenvalue weighted by Gasteiger charge is -2.11. The summed E-state index contributed by atoms with van der Waals surface area (Å²) in [4.78, 5) is 21.5. The lowest BCUT2D eigenvalue weighted by molar-refractivity contribution is 0.102. The highest BCUT2D eigenvalue weighted by Gasteiger charge is 2.19. The van der Waals surface area contributed by atoms with Gasteiger partial charge in [-0.05, 0) is 60.7 Å². The topological polar surface area (TPSA) is 87.4 Å². The number of aliphatic imine (C=N–C) groups is 1. The lowest BCUT2D eigenvalue weighted by Crippen LogP contribution is -2.16. The number of nitrogens with zero attached hydrogens (tertiary/aromatic N) is 3. The molecule has 1 N–H and O–H groups in total. The van der Waals surface area contributed by atoms with E-state index in [0.717, 1.165) is 35.4 Å². The highest BCUT2D eigenvalue weighted by atomic mass is 16.5. The number of fused-ring (bicyclic) bond motifs is 1. The number of benzene rings is 1. The van der Waals surface area contributed by atoms with Crippen LogP contribution in [-0.2, 0) is 11.3 Å². The van der Waals surface area contributed by atoms with Crippen molar-refractivity contribution in [3.8, 4) is 6.07 Å². The number of hydrogen-bond donors (Lipinski definition) is 1. The molecule has 1 fully saturated rings. The van der Waals surface area contributed by atoms with Crippen LogP contribution in [0.3, 0.4) is 0 Å². The number of pyridine rings is 1. The third-order valence-electron chi connectivity index (χ3n) is 5.24. The average Bonchev–Trinajstić information content (AvgIpc) is 3.34. The molecule has 1 aromatic heterocycles. The monoisotopic (exact) mass is 372 g/mol. The van der Waals surface area contributed by atoms with Crippen molar-refractivity contribution in [2.75, 3.05) is 18.5 Å². The molecule has 1 aromatic carbocycles. The van der Waals surface area contributed by atoms with Crippen LogP contribution in [0.25, 0.3) is 0 Å². The summed E-state index contributed by atoms with van der Waals surface area (Å²) >= 11 is 0. The van der Waals surface area contributed by atoms with Gasteiger partial charge in [0.2, 0.25) is 0 Å². The molecule has 4 rings (SSSR count). The van der Waals surface area contributed by atoms with Gasteiger partial charge in [-0.1, -0.05) is 6.07 Å². The molecule has 0 bridgehead atoms. The Kier molecular flexibility index (Phi) is 4.76. The highest BCUT2D eigenvalue weighted by molar-refractivity contribution is 6.13. The molecular weight excluding hydrogens is 352 g/mol. The summed E-state index contributed by atoms with van der Waals surface area (Å²) in [7, 11) is 0. The van der Waals surface area contributed by atoms with Crippen LogP contribution in [0, 0.1) is 25.2 Å². The van der Waals surface area contributed by atoms with Crippen LogP contribution < -0.4 is 5.32 Å². The number of rotatable bonds is 3. The van der Waals surface area contributed by atoms with Gasteiger partial charge in [0.15, 0.2) is 0 Å². The van der Waals surface area contributed by atoms with Crippen LogP contribution in [0.15, 0.2) is 41.0 Å². The van der Waals surface area contributed by atoms with Crippen LogP contribution in [0.4, 0.5) is 5.69 Å². The van der Waals surface area contributed by atoms with E-state index in [1.165, 1.54) is 11.8 Å². The predicted molar refractivity (Wildman–Crippen MR) is 107 cm³/mol. The van der Waals surface area contributed by atoms with Crippen molar-refractivity contribution in [2.24, 2.45) is 4.99 Å². The summed E-state index contributed by atoms with van der Waals surface area (Å²) < 4.78 is 5.41. The number of anilines is 1. The van der Waals surface area contributed by atoms with Crippen molar-refractivity contribution < 1.29 is 9.53 Å². The van der Waals surface area contributed by atoms with Gasteiger partial charge < -0.3 is 10.1 Å². The van der Waals surface area contributed by atoms with E-state index in [1.54, 1.807) is 6.92 Å². The van der Waals surface area contributed by atoms with E-state index < -0.39 is 0 Å². The summed E-state index contributed by atoms with van der Waals surface area (Å²) in [6, 6.07) is 7.93. The Morgan fingerprint density at radius 3 is 2.93 bits per heavy atom. The van der Waals surface area contributed by atoms with Crippen molar-refractivity contribution >= 4 is 17.3 Å². The third kappa shape index (κ3) is 3.32. The SMILES string of the molecule is Cc1c(C#N)cnc(C(=O)Nc2ccc3c(c2)C(/C=C2/CCOC2)=NC3)c1C. The number of amides is 1. The van der Waals surface area contributed by atoms with E-state index in [0.29, 0.717) is 35.7 Å². The first-order valence-corrected chi connectivity index (χ1v) is 9.19. The molecule has 6 heteroatoms. The van der Waals surface area contributed by atoms with Gasteiger partial charge in [0, 0.05) is 17.4 Å². The number of carbonyl (C=O) groups is 1. The summed E-state index contributed by atoms with van der Waals surface area (Å²) in [6.07, 6.45) is 4.48. The third-order valence-corrected chi connectivity index (χ3v) is 5.24. The van der Waals surface area contributed by atoms with E-state index in [9.17, 15) is 4.79 Å². The van der Waals surface area contributed by atoms with Crippen LogP contribution in [0.1, 0.15) is 44.7 Å². The molecule has 3 heterocycles. The highest BCUT2D eigenvalue weighted by Crippen LogP contribution is 2.26. The zero-order chi connectivity index (χ0) is 19.7. The van der Waals surface area contributed by atoms with Gasteiger partial charge in [-0.3, -0.25) is 9.79 Å². The van der Waals surface area contributed by atoms with E-state index in [1.807, 2.05) is 25.1 Å². The molecule has 140 valence electrons. The van der Waals surface area contributed by atoms with Crippen LogP contribution >= 0.6 is 0 Å². The average molecular weight is 372 g/mol. The number of carbonyl (C=O) groups excluding carboxylic acids is 1. The van der Waals surface area contributed by atoms with Gasteiger partial charge in [0.25, 0.3) is 5.91 Å². The Hall–Kier alpha value is -3.30. The number of allylic oxidation sites excluding steroid dienone is 1. The maximum absolute atomic E-state index is 12.7. The molecular formula is C22H20N4O2. The summed E-state index contributed by atoms with van der Waals surface area (Å²) in [5.74, 6) is -0.288. The molecule has 0 aliphatic carbocycles. The Bertz CT molecular complexity index is 1070. The van der Waals surface area contributed by atoms with Gasteiger partial charge in [-0.25, -0.2) is 4.98 Å². The first kappa shape index (κ1) is 18.1. The molecule has 6 nitrogen and oxygen atoms in total. The predicted octanol–water partition coefficient (Wildman–Crippen LogP) is 3.47. The molecule has 2 aliphatic rings. The second-order valence-corrected chi connectivity index (χ2v) is 7.01. The van der Waals surface area contributed by atoms with Crippen molar-refractivity contribution in [3.63, 3.8) is 0 Å². The Balaban J connectivity index is 1.58. The molecule has 0 saturated carbocycles. The maximum atomic E-state index is 12.7. The van der Waals surface area contributed by atoms with Crippen LogP contribution in [0.5, 0.6) is 0 Å². The fourth-order valence-corrected chi connectivity index (χ4v) is 3.43. The Morgan fingerprint density at radius 2 is 2.18 bits per heavy atom. The van der Waals surface area contributed by atoms with E-state index in [2.05, 4.69) is 27.4 Å². The minimum atomic E-state index is -0.288. The van der Waals surface area contributed by atoms with Gasteiger partial charge in [-0.2, -0.15) is 5.26 Å². The molecule has 0 spiro atoms. The van der Waals surface area contributed by atoms with Gasteiger partial charge in [0.1, 0.15) is 11.8 Å². The number of aromatic nitrogens is 1. The Morgan fingerprint density at radius 1 is 1.32 bits per heavy atom. The first-order valence-electron chi connectivity index (χ1n) is 9.19. The quantitative estimate of drug-likeness (QED) is 0.894. The zero-order valence-electron chi connectivity index (χ0n) is 15.9. The van der Waals surface area contributed by atoms with Gasteiger partial charge in [0.05, 0.1) is 31.0 Å². The molecule has 1 saturated heterocycles. The standard InChI is InChI=1S/C22H20N4O2/c1-13-14(2)21(25-11-17(13)9-23)22(27)26-18-4-3-16-10-24-20(19(16)8-18)7-15-5-6-28-12-15/h3-4,7-8,11H,5-6,10,12H2,1-2H3,(H,26,27)/b15-7-. The Labute approximate surface area is 163 Å². The minimum absolute atomic E-state index is 0.288. The van der Waals surface area contributed by atoms with Crippen molar-refractivity contribution in [1.29, 1.82) is 5.26 Å². The van der Waals surface area contributed by atoms with Crippen molar-refractivity contribution in [1.82, 2.24) is 4.98 Å². The molecule has 2 aromatic rings. The second-order valence-electron chi connectivity index (χ2n) is 7.01. The number of nitriles is 1. The molecule has 28 heavy (non-hydrogen) atoms. The number of hydrogen-bond acceptors (Lipinski definition) is 5. The van der Waals surface area contributed by atoms with Gasteiger partial charge in [-0.15, -0.1) is 0 Å². The lowest BCUT2D eigenvalue weighted by atomic mass is 10.0. The van der Waals surface area contributed by atoms with Crippen molar-refractivity contribution in [2.45, 2.75) is 26.8 Å². The molecule has 0 atom stereocenters. The minimum Gasteiger partial charge on any atom is -0.377 e. The van der Waals surface area contributed by atoms with Gasteiger partial charge >= 0.3 is 0 Å². The second kappa shape index (κ2) is 7.37. The smallest absolute Gasteiger partial charge is 0.274 e. The normalized spacial score (nSPS) is 16.6. The maximum Gasteiger partial charge on any atom is 0.274 e. The molecule has 0 radical (unpaired) electrons. The fourth-order valence-electron chi connectivity index (χ4n) is 3.43. The molecule has 2 aliphatic heterocycles. The van der Waals surface area contributed by atoms with Crippen LogP contribution in [-0.4, -0.2) is 29.8 Å². The number of ether oxygens (including phenoxy) is 1. The first-order chi connectivity index (χ1) is 13.6. The summed E-state index contributed by atoms with van der Waals surface area (Å²) in [6.45, 7) is 5.71. The van der Waals surface area contributed by atoms with E-state index in [-0.39, 0.29) is 5.91 Å². The van der Waals surface area contributed by atoms with E-state index >= 15 is 0 Å². The summed E-state index contributed by atoms with van der Waals surface area (Å²) in [5, 5.41) is 12.0. The number of nitrogens with one attached hydrogen (secondary N) is 1.